The normalized spacial score (nSPS) is 10.7. The predicted molar refractivity (Wildman–Crippen MR) is 102 cm³/mol. The fourth-order valence-electron chi connectivity index (χ4n) is 2.65. The Morgan fingerprint density at radius 2 is 2.04 bits per heavy atom. The van der Waals surface area contributed by atoms with Gasteiger partial charge in [-0.1, -0.05) is 12.1 Å². The van der Waals surface area contributed by atoms with Crippen LogP contribution >= 0.6 is 11.3 Å². The molecule has 0 spiro atoms. The lowest BCUT2D eigenvalue weighted by Gasteiger charge is -2.05. The zero-order valence-corrected chi connectivity index (χ0v) is 16.0. The molecule has 0 aliphatic carbocycles. The van der Waals surface area contributed by atoms with Gasteiger partial charge in [-0.3, -0.25) is 4.79 Å². The number of nitrogens with zero attached hydrogens (tertiary/aromatic N) is 3. The Hall–Kier alpha value is -2.67. The Kier molecular flexibility index (Phi) is 5.68. The molecular weight excluding hydrogens is 348 g/mol. The first-order chi connectivity index (χ1) is 12.5. The van der Waals surface area contributed by atoms with Crippen molar-refractivity contribution in [1.29, 1.82) is 0 Å². The first-order valence-corrected chi connectivity index (χ1v) is 9.31. The number of thiazole rings is 1. The number of carbonyl (C=O) groups excluding carboxylic acids is 1. The van der Waals surface area contributed by atoms with E-state index in [4.69, 9.17) is 4.74 Å². The number of benzene rings is 1. The van der Waals surface area contributed by atoms with E-state index >= 15 is 0 Å². The monoisotopic (exact) mass is 370 g/mol. The van der Waals surface area contributed by atoms with Gasteiger partial charge in [-0.2, -0.15) is 5.10 Å². The third-order valence-corrected chi connectivity index (χ3v) is 4.82. The summed E-state index contributed by atoms with van der Waals surface area (Å²) in [5.74, 6) is 0.792. The fraction of sp³-hybridized carbons (Fsp3) is 0.316. The molecule has 3 aromatic rings. The molecule has 3 rings (SSSR count). The van der Waals surface area contributed by atoms with Crippen molar-refractivity contribution >= 4 is 17.2 Å². The van der Waals surface area contributed by atoms with E-state index in [1.807, 2.05) is 54.2 Å². The van der Waals surface area contributed by atoms with Crippen LogP contribution in [0.3, 0.4) is 0 Å². The van der Waals surface area contributed by atoms with Crippen LogP contribution in [0.25, 0.3) is 5.13 Å². The summed E-state index contributed by atoms with van der Waals surface area (Å²) < 4.78 is 6.97. The van der Waals surface area contributed by atoms with Gasteiger partial charge in [0.2, 0.25) is 11.0 Å². The van der Waals surface area contributed by atoms with Crippen molar-refractivity contribution in [3.05, 3.63) is 58.4 Å². The van der Waals surface area contributed by atoms with E-state index in [-0.39, 0.29) is 5.91 Å². The summed E-state index contributed by atoms with van der Waals surface area (Å²) in [6.07, 6.45) is 1.06. The predicted octanol–water partition coefficient (Wildman–Crippen LogP) is 2.86. The van der Waals surface area contributed by atoms with Crippen LogP contribution < -0.4 is 10.1 Å². The van der Waals surface area contributed by atoms with Crippen molar-refractivity contribution in [1.82, 2.24) is 20.1 Å². The first kappa shape index (κ1) is 18.1. The molecule has 0 saturated heterocycles. The molecule has 1 aromatic carbocycles. The summed E-state index contributed by atoms with van der Waals surface area (Å²) in [5, 5.41) is 10.3. The van der Waals surface area contributed by atoms with Crippen molar-refractivity contribution in [2.75, 3.05) is 13.7 Å². The van der Waals surface area contributed by atoms with E-state index in [0.29, 0.717) is 19.4 Å². The second-order valence-corrected chi connectivity index (χ2v) is 6.92. The SMILES string of the molecule is COc1ccc(CC(=O)NCCc2csc(-n3nc(C)cc3C)n2)cc1. The van der Waals surface area contributed by atoms with Crippen LogP contribution in [0.15, 0.2) is 35.7 Å². The average Bonchev–Trinajstić information content (AvgIpc) is 3.21. The molecule has 0 fully saturated rings. The number of aromatic nitrogens is 3. The molecule has 0 aliphatic rings. The molecule has 26 heavy (non-hydrogen) atoms. The van der Waals surface area contributed by atoms with Gasteiger partial charge in [0.1, 0.15) is 5.75 Å². The second-order valence-electron chi connectivity index (χ2n) is 6.09. The standard InChI is InChI=1S/C19H22N4O2S/c1-13-10-14(2)23(22-13)19-21-16(12-26-19)8-9-20-18(24)11-15-4-6-17(25-3)7-5-15/h4-7,10,12H,8-9,11H2,1-3H3,(H,20,24). The maximum atomic E-state index is 12.1. The van der Waals surface area contributed by atoms with Gasteiger partial charge >= 0.3 is 0 Å². The number of amides is 1. The van der Waals surface area contributed by atoms with Gasteiger partial charge < -0.3 is 10.1 Å². The quantitative estimate of drug-likeness (QED) is 0.694. The number of hydrogen-bond acceptors (Lipinski definition) is 5. The number of methoxy groups -OCH3 is 1. The number of rotatable bonds is 7. The molecular formula is C19H22N4O2S. The number of hydrogen-bond donors (Lipinski definition) is 1. The van der Waals surface area contributed by atoms with E-state index in [9.17, 15) is 4.79 Å². The third-order valence-electron chi connectivity index (χ3n) is 3.96. The Balaban J connectivity index is 1.48. The van der Waals surface area contributed by atoms with Crippen LogP contribution in [-0.2, 0) is 17.6 Å². The van der Waals surface area contributed by atoms with Crippen LogP contribution in [0.4, 0.5) is 0 Å². The van der Waals surface area contributed by atoms with Crippen molar-refractivity contribution in [2.24, 2.45) is 0 Å². The minimum Gasteiger partial charge on any atom is -0.497 e. The van der Waals surface area contributed by atoms with Gasteiger partial charge in [0, 0.05) is 24.0 Å². The average molecular weight is 370 g/mol. The van der Waals surface area contributed by atoms with Crippen molar-refractivity contribution in [3.63, 3.8) is 0 Å². The lowest BCUT2D eigenvalue weighted by Crippen LogP contribution is -2.27. The Morgan fingerprint density at radius 3 is 2.69 bits per heavy atom. The minimum atomic E-state index is 0.00386. The molecule has 7 heteroatoms. The highest BCUT2D eigenvalue weighted by atomic mass is 32.1. The Labute approximate surface area is 156 Å². The molecule has 0 saturated carbocycles. The lowest BCUT2D eigenvalue weighted by atomic mass is 10.1. The van der Waals surface area contributed by atoms with Crippen molar-refractivity contribution < 1.29 is 9.53 Å². The van der Waals surface area contributed by atoms with Gasteiger partial charge in [-0.15, -0.1) is 11.3 Å². The lowest BCUT2D eigenvalue weighted by molar-refractivity contribution is -0.120. The largest absolute Gasteiger partial charge is 0.497 e. The van der Waals surface area contributed by atoms with Gasteiger partial charge in [0.05, 0.1) is 24.9 Å². The fourth-order valence-corrected chi connectivity index (χ4v) is 3.52. The van der Waals surface area contributed by atoms with E-state index in [1.54, 1.807) is 18.4 Å². The van der Waals surface area contributed by atoms with E-state index in [1.165, 1.54) is 0 Å². The molecule has 0 atom stereocenters. The van der Waals surface area contributed by atoms with Crippen LogP contribution in [0, 0.1) is 13.8 Å². The van der Waals surface area contributed by atoms with E-state index in [0.717, 1.165) is 33.5 Å². The van der Waals surface area contributed by atoms with Gasteiger partial charge in [0.25, 0.3) is 0 Å². The topological polar surface area (TPSA) is 69.0 Å². The summed E-state index contributed by atoms with van der Waals surface area (Å²) in [4.78, 5) is 16.7. The Morgan fingerprint density at radius 1 is 1.27 bits per heavy atom. The highest BCUT2D eigenvalue weighted by Crippen LogP contribution is 2.17. The minimum absolute atomic E-state index is 0.00386. The number of carbonyl (C=O) groups is 1. The molecule has 6 nitrogen and oxygen atoms in total. The molecule has 0 bridgehead atoms. The van der Waals surface area contributed by atoms with Crippen LogP contribution in [0.2, 0.25) is 0 Å². The zero-order chi connectivity index (χ0) is 18.5. The van der Waals surface area contributed by atoms with Crippen molar-refractivity contribution in [2.45, 2.75) is 26.7 Å². The number of aryl methyl sites for hydroxylation is 2. The Bertz CT molecular complexity index is 883. The highest BCUT2D eigenvalue weighted by Gasteiger charge is 2.09. The molecule has 2 heterocycles. The third kappa shape index (κ3) is 4.49. The summed E-state index contributed by atoms with van der Waals surface area (Å²) in [6.45, 7) is 4.55. The first-order valence-electron chi connectivity index (χ1n) is 8.43. The van der Waals surface area contributed by atoms with E-state index < -0.39 is 0 Å². The van der Waals surface area contributed by atoms with Crippen molar-refractivity contribution in [3.8, 4) is 10.9 Å². The molecule has 1 amide bonds. The van der Waals surface area contributed by atoms with Crippen LogP contribution in [-0.4, -0.2) is 34.3 Å². The summed E-state index contributed by atoms with van der Waals surface area (Å²) in [7, 11) is 1.63. The van der Waals surface area contributed by atoms with Crippen LogP contribution in [0.1, 0.15) is 22.6 Å². The summed E-state index contributed by atoms with van der Waals surface area (Å²) in [5.41, 5.74) is 3.97. The maximum Gasteiger partial charge on any atom is 0.224 e. The number of nitrogens with one attached hydrogen (secondary N) is 1. The molecule has 1 N–H and O–H groups in total. The molecule has 0 unspecified atom stereocenters. The highest BCUT2D eigenvalue weighted by molar-refractivity contribution is 7.12. The molecule has 0 aliphatic heterocycles. The zero-order valence-electron chi connectivity index (χ0n) is 15.2. The second kappa shape index (κ2) is 8.14. The molecule has 0 radical (unpaired) electrons. The number of ether oxygens (including phenoxy) is 1. The van der Waals surface area contributed by atoms with Gasteiger partial charge in [0.15, 0.2) is 0 Å². The summed E-state index contributed by atoms with van der Waals surface area (Å²) in [6, 6.07) is 9.55. The van der Waals surface area contributed by atoms with E-state index in [2.05, 4.69) is 15.4 Å². The van der Waals surface area contributed by atoms with Gasteiger partial charge in [-0.25, -0.2) is 9.67 Å². The molecule has 136 valence electrons. The van der Waals surface area contributed by atoms with Crippen LogP contribution in [0.5, 0.6) is 5.75 Å². The summed E-state index contributed by atoms with van der Waals surface area (Å²) >= 11 is 1.56. The smallest absolute Gasteiger partial charge is 0.224 e. The maximum absolute atomic E-state index is 12.1. The van der Waals surface area contributed by atoms with Gasteiger partial charge in [-0.05, 0) is 37.6 Å². The molecule has 2 aromatic heterocycles.